The fourth-order valence-electron chi connectivity index (χ4n) is 9.31. The first-order valence-electron chi connectivity index (χ1n) is 19.9. The van der Waals surface area contributed by atoms with Crippen molar-refractivity contribution in [2.45, 2.75) is 0 Å². The molecule has 4 aromatic heterocycles. The molecule has 5 heteroatoms. The van der Waals surface area contributed by atoms with Crippen molar-refractivity contribution in [1.29, 1.82) is 0 Å². The van der Waals surface area contributed by atoms with E-state index in [2.05, 4.69) is 150 Å². The highest BCUT2D eigenvalue weighted by Gasteiger charge is 2.24. The maximum absolute atomic E-state index is 6.66. The summed E-state index contributed by atoms with van der Waals surface area (Å²) in [5.74, 6) is 0.617. The molecule has 0 radical (unpaired) electrons. The Labute approximate surface area is 337 Å². The van der Waals surface area contributed by atoms with Crippen LogP contribution in [0.3, 0.4) is 0 Å². The van der Waals surface area contributed by atoms with E-state index in [1.165, 1.54) is 21.5 Å². The number of aromatic nitrogens is 3. The van der Waals surface area contributed by atoms with Crippen molar-refractivity contribution < 1.29 is 8.83 Å². The van der Waals surface area contributed by atoms with Gasteiger partial charge in [-0.25, -0.2) is 9.97 Å². The molecule has 0 bridgehead atoms. The zero-order valence-corrected chi connectivity index (χ0v) is 31.6. The van der Waals surface area contributed by atoms with Gasteiger partial charge in [-0.3, -0.25) is 0 Å². The molecule has 0 fully saturated rings. The zero-order valence-electron chi connectivity index (χ0n) is 31.6. The highest BCUT2D eigenvalue weighted by molar-refractivity contribution is 6.25. The highest BCUT2D eigenvalue weighted by Crippen LogP contribution is 2.45. The lowest BCUT2D eigenvalue weighted by Crippen LogP contribution is -1.99. The number of fused-ring (bicyclic) bond motifs is 12. The van der Waals surface area contributed by atoms with E-state index in [1.54, 1.807) is 0 Å². The van der Waals surface area contributed by atoms with Crippen LogP contribution in [0.5, 0.6) is 0 Å². The number of benzene rings is 9. The predicted octanol–water partition coefficient (Wildman–Crippen LogP) is 14.7. The Bertz CT molecular complexity index is 3840. The number of hydrogen-bond donors (Lipinski definition) is 0. The maximum atomic E-state index is 6.66. The lowest BCUT2D eigenvalue weighted by Gasteiger charge is -2.16. The van der Waals surface area contributed by atoms with E-state index in [4.69, 9.17) is 18.8 Å². The fraction of sp³-hybridized carbons (Fsp3) is 0. The monoisotopic (exact) mass is 753 g/mol. The van der Waals surface area contributed by atoms with Crippen molar-refractivity contribution in [3.8, 4) is 39.5 Å². The van der Waals surface area contributed by atoms with Gasteiger partial charge in [0.15, 0.2) is 11.4 Å². The standard InChI is InChI=1S/C54H31N3O2/c1-3-13-32(14-4-1)36-23-27-47-42(30-36)52-53(59-47)51(33-15-5-2-6-16-33)55-54(56-52)40-24-26-44(38-25-28-48-50(49(38)40)39-20-10-12-22-46(39)58-48)57-43-21-11-9-19-37(43)41-29-34-17-7-8-18-35(34)31-45(41)57/h1-31H. The SMILES string of the molecule is c1ccc(-c2ccc3oc4c(-c5ccccc5)nc(-c5ccc(-n6c7ccccc7c7cc8ccccc8cc76)c6ccc7oc8ccccc8c7c56)nc4c3c2)cc1. The first-order chi connectivity index (χ1) is 29.2. The Hall–Kier alpha value is -8.02. The van der Waals surface area contributed by atoms with Gasteiger partial charge in [0.1, 0.15) is 28.0 Å². The van der Waals surface area contributed by atoms with Crippen molar-refractivity contribution in [2.75, 3.05) is 0 Å². The first kappa shape index (κ1) is 32.1. The molecule has 5 nitrogen and oxygen atoms in total. The van der Waals surface area contributed by atoms with Crippen molar-refractivity contribution in [3.63, 3.8) is 0 Å². The van der Waals surface area contributed by atoms with Crippen LogP contribution in [0.1, 0.15) is 0 Å². The Kier molecular flexibility index (Phi) is 6.66. The van der Waals surface area contributed by atoms with Gasteiger partial charge in [0.05, 0.1) is 16.7 Å². The van der Waals surface area contributed by atoms with Gasteiger partial charge in [-0.2, -0.15) is 0 Å². The molecular weight excluding hydrogens is 723 g/mol. The van der Waals surface area contributed by atoms with Gasteiger partial charge in [0.25, 0.3) is 0 Å². The molecule has 0 saturated heterocycles. The molecule has 0 amide bonds. The molecule has 9 aromatic carbocycles. The van der Waals surface area contributed by atoms with Crippen LogP contribution in [0.25, 0.3) is 127 Å². The molecule has 13 rings (SSSR count). The van der Waals surface area contributed by atoms with Gasteiger partial charge < -0.3 is 13.4 Å². The molecule has 0 unspecified atom stereocenters. The molecule has 13 aromatic rings. The zero-order chi connectivity index (χ0) is 38.6. The van der Waals surface area contributed by atoms with Crippen molar-refractivity contribution >= 4 is 87.4 Å². The first-order valence-corrected chi connectivity index (χ1v) is 19.9. The van der Waals surface area contributed by atoms with E-state index in [1.807, 2.05) is 42.5 Å². The average molecular weight is 754 g/mol. The molecule has 59 heavy (non-hydrogen) atoms. The Morgan fingerprint density at radius 3 is 1.93 bits per heavy atom. The van der Waals surface area contributed by atoms with Crippen LogP contribution < -0.4 is 0 Å². The minimum Gasteiger partial charge on any atom is -0.456 e. The second kappa shape index (κ2) is 12.2. The molecule has 0 spiro atoms. The fourth-order valence-corrected chi connectivity index (χ4v) is 9.31. The number of para-hydroxylation sites is 2. The second-order valence-corrected chi connectivity index (χ2v) is 15.3. The van der Waals surface area contributed by atoms with E-state index < -0.39 is 0 Å². The van der Waals surface area contributed by atoms with Crippen molar-refractivity contribution in [3.05, 3.63) is 188 Å². The summed E-state index contributed by atoms with van der Waals surface area (Å²) >= 11 is 0. The van der Waals surface area contributed by atoms with Gasteiger partial charge >= 0.3 is 0 Å². The van der Waals surface area contributed by atoms with Crippen LogP contribution in [-0.4, -0.2) is 14.5 Å². The third kappa shape index (κ3) is 4.73. The topological polar surface area (TPSA) is 57.0 Å². The molecule has 0 aliphatic rings. The van der Waals surface area contributed by atoms with Gasteiger partial charge in [-0.15, -0.1) is 0 Å². The van der Waals surface area contributed by atoms with E-state index in [0.717, 1.165) is 93.9 Å². The summed E-state index contributed by atoms with van der Waals surface area (Å²) < 4.78 is 15.7. The molecular formula is C54H31N3O2. The van der Waals surface area contributed by atoms with Crippen LogP contribution in [0.4, 0.5) is 0 Å². The average Bonchev–Trinajstić information content (AvgIpc) is 3.97. The maximum Gasteiger partial charge on any atom is 0.180 e. The third-order valence-corrected chi connectivity index (χ3v) is 12.0. The Balaban J connectivity index is 1.16. The number of hydrogen-bond acceptors (Lipinski definition) is 4. The molecule has 0 saturated carbocycles. The molecule has 4 heterocycles. The van der Waals surface area contributed by atoms with Crippen LogP contribution >= 0.6 is 0 Å². The van der Waals surface area contributed by atoms with Crippen LogP contribution in [0, 0.1) is 0 Å². The van der Waals surface area contributed by atoms with Crippen LogP contribution in [-0.2, 0) is 0 Å². The lowest BCUT2D eigenvalue weighted by molar-refractivity contribution is 0.667. The molecule has 0 atom stereocenters. The predicted molar refractivity (Wildman–Crippen MR) is 242 cm³/mol. The van der Waals surface area contributed by atoms with E-state index in [-0.39, 0.29) is 0 Å². The highest BCUT2D eigenvalue weighted by atomic mass is 16.3. The summed E-state index contributed by atoms with van der Waals surface area (Å²) in [6.45, 7) is 0. The van der Waals surface area contributed by atoms with E-state index in [0.29, 0.717) is 11.4 Å². The number of furan rings is 2. The van der Waals surface area contributed by atoms with Crippen LogP contribution in [0.15, 0.2) is 197 Å². The summed E-state index contributed by atoms with van der Waals surface area (Å²) in [6, 6.07) is 66.1. The quantitative estimate of drug-likeness (QED) is 0.180. The molecule has 0 aliphatic heterocycles. The van der Waals surface area contributed by atoms with Gasteiger partial charge in [-0.1, -0.05) is 127 Å². The lowest BCUT2D eigenvalue weighted by atomic mass is 9.96. The van der Waals surface area contributed by atoms with Gasteiger partial charge in [-0.05, 0) is 82.6 Å². The van der Waals surface area contributed by atoms with E-state index >= 15 is 0 Å². The van der Waals surface area contributed by atoms with E-state index in [9.17, 15) is 0 Å². The summed E-state index contributed by atoms with van der Waals surface area (Å²) in [5, 5.41) is 9.99. The Morgan fingerprint density at radius 1 is 0.390 bits per heavy atom. The normalized spacial score (nSPS) is 12.1. The molecule has 274 valence electrons. The van der Waals surface area contributed by atoms with Gasteiger partial charge in [0.2, 0.25) is 0 Å². The number of nitrogens with zero attached hydrogens (tertiary/aromatic N) is 3. The van der Waals surface area contributed by atoms with Crippen molar-refractivity contribution in [1.82, 2.24) is 14.5 Å². The number of rotatable bonds is 4. The minimum absolute atomic E-state index is 0.617. The summed E-state index contributed by atoms with van der Waals surface area (Å²) in [7, 11) is 0. The van der Waals surface area contributed by atoms with Crippen LogP contribution in [0.2, 0.25) is 0 Å². The third-order valence-electron chi connectivity index (χ3n) is 12.0. The minimum atomic E-state index is 0.617. The van der Waals surface area contributed by atoms with Crippen molar-refractivity contribution in [2.24, 2.45) is 0 Å². The Morgan fingerprint density at radius 2 is 1.08 bits per heavy atom. The summed E-state index contributed by atoms with van der Waals surface area (Å²) in [6.07, 6.45) is 0. The molecule has 0 N–H and O–H groups in total. The molecule has 0 aliphatic carbocycles. The smallest absolute Gasteiger partial charge is 0.180 e. The largest absolute Gasteiger partial charge is 0.456 e. The summed E-state index contributed by atoms with van der Waals surface area (Å²) in [5.41, 5.74) is 12.1. The second-order valence-electron chi connectivity index (χ2n) is 15.3. The van der Waals surface area contributed by atoms with Gasteiger partial charge in [0, 0.05) is 48.8 Å². The summed E-state index contributed by atoms with van der Waals surface area (Å²) in [4.78, 5) is 10.9.